The van der Waals surface area contributed by atoms with Gasteiger partial charge in [-0.15, -0.1) is 0 Å². The second-order valence-electron chi connectivity index (χ2n) is 8.33. The predicted molar refractivity (Wildman–Crippen MR) is 130 cm³/mol. The molecule has 1 N–H and O–H groups in total. The first-order valence-electron chi connectivity index (χ1n) is 10.8. The van der Waals surface area contributed by atoms with E-state index in [9.17, 15) is 0 Å². The third kappa shape index (κ3) is 3.60. The molecule has 0 aliphatic carbocycles. The molecule has 1 saturated heterocycles. The highest BCUT2D eigenvalue weighted by Gasteiger charge is 2.41. The highest BCUT2D eigenvalue weighted by molar-refractivity contribution is 7.80. The first-order valence-corrected chi connectivity index (χ1v) is 11.2. The van der Waals surface area contributed by atoms with Gasteiger partial charge in [-0.1, -0.05) is 23.8 Å². The Bertz CT molecular complexity index is 1230. The van der Waals surface area contributed by atoms with Gasteiger partial charge in [0.2, 0.25) is 0 Å². The van der Waals surface area contributed by atoms with Gasteiger partial charge >= 0.3 is 0 Å². The topological polar surface area (TPSA) is 46.2 Å². The van der Waals surface area contributed by atoms with Crippen LogP contribution in [0.3, 0.4) is 0 Å². The average molecular weight is 443 g/mol. The van der Waals surface area contributed by atoms with E-state index in [2.05, 4.69) is 76.9 Å². The maximum Gasteiger partial charge on any atom is 0.170 e. The molecule has 0 spiro atoms. The molecule has 1 aliphatic rings. The molecule has 5 nitrogen and oxygen atoms in total. The monoisotopic (exact) mass is 442 g/mol. The smallest absolute Gasteiger partial charge is 0.170 e. The molecule has 2 atom stereocenters. The van der Waals surface area contributed by atoms with E-state index in [-0.39, 0.29) is 12.1 Å². The third-order valence-corrected chi connectivity index (χ3v) is 6.54. The zero-order valence-electron chi connectivity index (χ0n) is 18.4. The SMILES string of the molecule is Cc1ccc(-n2c(C)cc([C@H]3[C@@H](c4ccccn4)NC(=S)N3Cc3ccco3)c2C)cc1. The van der Waals surface area contributed by atoms with Gasteiger partial charge in [0.25, 0.3) is 0 Å². The fraction of sp³-hybridized carbons (Fsp3) is 0.231. The van der Waals surface area contributed by atoms with E-state index in [0.29, 0.717) is 11.7 Å². The number of nitrogens with one attached hydrogen (secondary N) is 1. The van der Waals surface area contributed by atoms with E-state index < -0.39 is 0 Å². The highest BCUT2D eigenvalue weighted by Crippen LogP contribution is 2.42. The lowest BCUT2D eigenvalue weighted by Crippen LogP contribution is -2.29. The number of furan rings is 1. The summed E-state index contributed by atoms with van der Waals surface area (Å²) >= 11 is 5.80. The minimum atomic E-state index is -0.0503. The first-order chi connectivity index (χ1) is 15.5. The van der Waals surface area contributed by atoms with Crippen molar-refractivity contribution >= 4 is 17.3 Å². The van der Waals surface area contributed by atoms with Crippen molar-refractivity contribution in [3.63, 3.8) is 0 Å². The maximum absolute atomic E-state index is 5.80. The Labute approximate surface area is 193 Å². The number of hydrogen-bond donors (Lipinski definition) is 1. The normalized spacial score (nSPS) is 18.2. The van der Waals surface area contributed by atoms with Crippen LogP contribution in [0, 0.1) is 20.8 Å². The molecule has 0 amide bonds. The van der Waals surface area contributed by atoms with Gasteiger partial charge in [0.05, 0.1) is 30.6 Å². The van der Waals surface area contributed by atoms with Crippen molar-refractivity contribution in [2.45, 2.75) is 39.4 Å². The second-order valence-corrected chi connectivity index (χ2v) is 8.72. The quantitative estimate of drug-likeness (QED) is 0.410. The number of rotatable bonds is 5. The van der Waals surface area contributed by atoms with Crippen LogP contribution in [-0.4, -0.2) is 19.6 Å². The molecular formula is C26H26N4OS. The van der Waals surface area contributed by atoms with Gasteiger partial charge in [0, 0.05) is 23.3 Å². The molecule has 0 saturated carbocycles. The van der Waals surface area contributed by atoms with Crippen LogP contribution in [0.1, 0.15) is 46.1 Å². The fourth-order valence-electron chi connectivity index (χ4n) is 4.66. The molecular weight excluding hydrogens is 416 g/mol. The van der Waals surface area contributed by atoms with Crippen LogP contribution in [0.25, 0.3) is 5.69 Å². The van der Waals surface area contributed by atoms with Crippen LogP contribution in [0.2, 0.25) is 0 Å². The fourth-order valence-corrected chi connectivity index (χ4v) is 4.97. The highest BCUT2D eigenvalue weighted by atomic mass is 32.1. The number of benzene rings is 1. The summed E-state index contributed by atoms with van der Waals surface area (Å²) in [6.07, 6.45) is 3.54. The molecule has 6 heteroatoms. The summed E-state index contributed by atoms with van der Waals surface area (Å²) < 4.78 is 7.97. The van der Waals surface area contributed by atoms with E-state index >= 15 is 0 Å². The molecule has 0 radical (unpaired) electrons. The van der Waals surface area contributed by atoms with E-state index in [4.69, 9.17) is 16.6 Å². The molecule has 1 aromatic carbocycles. The molecule has 5 rings (SSSR count). The minimum absolute atomic E-state index is 0.00658. The first kappa shape index (κ1) is 20.5. The number of nitrogens with zero attached hydrogens (tertiary/aromatic N) is 3. The summed E-state index contributed by atoms with van der Waals surface area (Å²) in [6, 6.07) is 20.8. The minimum Gasteiger partial charge on any atom is -0.467 e. The van der Waals surface area contributed by atoms with Crippen molar-refractivity contribution < 1.29 is 4.42 Å². The summed E-state index contributed by atoms with van der Waals surface area (Å²) in [6.45, 7) is 7.05. The van der Waals surface area contributed by atoms with E-state index in [1.807, 2.05) is 30.5 Å². The van der Waals surface area contributed by atoms with Gasteiger partial charge in [0.15, 0.2) is 5.11 Å². The predicted octanol–water partition coefficient (Wildman–Crippen LogP) is 5.56. The second kappa shape index (κ2) is 8.28. The molecule has 3 aromatic heterocycles. The van der Waals surface area contributed by atoms with Gasteiger partial charge in [-0.3, -0.25) is 4.98 Å². The van der Waals surface area contributed by atoms with Crippen molar-refractivity contribution in [2.75, 3.05) is 0 Å². The van der Waals surface area contributed by atoms with Gasteiger partial charge < -0.3 is 19.2 Å². The summed E-state index contributed by atoms with van der Waals surface area (Å²) in [5.74, 6) is 0.883. The maximum atomic E-state index is 5.80. The molecule has 0 unspecified atom stereocenters. The Kier molecular flexibility index (Phi) is 5.31. The van der Waals surface area contributed by atoms with E-state index in [0.717, 1.165) is 17.1 Å². The van der Waals surface area contributed by atoms with Crippen molar-refractivity contribution in [3.8, 4) is 5.69 Å². The van der Waals surface area contributed by atoms with Crippen molar-refractivity contribution in [2.24, 2.45) is 0 Å². The summed E-state index contributed by atoms with van der Waals surface area (Å²) in [5.41, 5.74) is 7.02. The van der Waals surface area contributed by atoms with Crippen LogP contribution < -0.4 is 5.32 Å². The lowest BCUT2D eigenvalue weighted by atomic mass is 9.96. The van der Waals surface area contributed by atoms with Crippen molar-refractivity contribution in [1.82, 2.24) is 19.8 Å². The summed E-state index contributed by atoms with van der Waals surface area (Å²) in [5, 5.41) is 4.24. The van der Waals surface area contributed by atoms with Crippen molar-refractivity contribution in [3.05, 3.63) is 107 Å². The number of aryl methyl sites for hydroxylation is 2. The van der Waals surface area contributed by atoms with Crippen LogP contribution >= 0.6 is 12.2 Å². The van der Waals surface area contributed by atoms with Crippen LogP contribution in [0.5, 0.6) is 0 Å². The molecule has 1 aliphatic heterocycles. The van der Waals surface area contributed by atoms with Gasteiger partial charge in [-0.05, 0) is 81.0 Å². The van der Waals surface area contributed by atoms with E-state index in [1.165, 1.54) is 22.5 Å². The average Bonchev–Trinajstić information content (AvgIpc) is 3.49. The number of aromatic nitrogens is 2. The molecule has 32 heavy (non-hydrogen) atoms. The number of hydrogen-bond acceptors (Lipinski definition) is 3. The van der Waals surface area contributed by atoms with E-state index in [1.54, 1.807) is 6.26 Å². The summed E-state index contributed by atoms with van der Waals surface area (Å²) in [7, 11) is 0. The zero-order chi connectivity index (χ0) is 22.2. The Morgan fingerprint density at radius 3 is 2.53 bits per heavy atom. The van der Waals surface area contributed by atoms with Gasteiger partial charge in [-0.25, -0.2) is 0 Å². The lowest BCUT2D eigenvalue weighted by molar-refractivity contribution is 0.286. The van der Waals surface area contributed by atoms with Gasteiger partial charge in [-0.2, -0.15) is 0 Å². The lowest BCUT2D eigenvalue weighted by Gasteiger charge is -2.27. The number of thiocarbonyl (C=S) groups is 1. The third-order valence-electron chi connectivity index (χ3n) is 6.19. The zero-order valence-corrected chi connectivity index (χ0v) is 19.3. The molecule has 4 aromatic rings. The Hall–Kier alpha value is -3.38. The largest absolute Gasteiger partial charge is 0.467 e. The summed E-state index contributed by atoms with van der Waals surface area (Å²) in [4.78, 5) is 6.87. The number of pyridine rings is 1. The standard InChI is InChI=1S/C26H26N4OS/c1-17-9-11-20(12-10-17)30-18(2)15-22(19(30)3)25-24(23-8-4-5-13-27-23)28-26(32)29(25)16-21-7-6-14-31-21/h4-15,24-25H,16H2,1-3H3,(H,28,32)/t24-,25+/m1/s1. The van der Waals surface area contributed by atoms with Crippen LogP contribution in [-0.2, 0) is 6.54 Å². The molecule has 0 bridgehead atoms. The molecule has 1 fully saturated rings. The Morgan fingerprint density at radius 2 is 1.84 bits per heavy atom. The van der Waals surface area contributed by atoms with Crippen LogP contribution in [0.4, 0.5) is 0 Å². The van der Waals surface area contributed by atoms with Crippen molar-refractivity contribution in [1.29, 1.82) is 0 Å². The molecule has 162 valence electrons. The molecule has 4 heterocycles. The Morgan fingerprint density at radius 1 is 1.03 bits per heavy atom. The van der Waals surface area contributed by atoms with Gasteiger partial charge in [0.1, 0.15) is 5.76 Å². The van der Waals surface area contributed by atoms with Crippen LogP contribution in [0.15, 0.2) is 77.5 Å². The Balaban J connectivity index is 1.62.